The fourth-order valence-electron chi connectivity index (χ4n) is 5.58. The van der Waals surface area contributed by atoms with Crippen LogP contribution in [0.15, 0.2) is 47.5 Å². The molecule has 3 saturated carbocycles. The topological polar surface area (TPSA) is 181 Å². The van der Waals surface area contributed by atoms with Crippen LogP contribution in [-0.2, 0) is 25.7 Å². The average Bonchev–Trinajstić information content (AvgIpc) is 2.93. The molecule has 0 spiro atoms. The van der Waals surface area contributed by atoms with Crippen LogP contribution in [0.1, 0.15) is 55.1 Å². The van der Waals surface area contributed by atoms with E-state index in [4.69, 9.17) is 0 Å². The van der Waals surface area contributed by atoms with Crippen molar-refractivity contribution in [1.29, 1.82) is 0 Å². The second kappa shape index (κ2) is 12.1. The number of carbonyl (C=O) groups is 5. The van der Waals surface area contributed by atoms with Gasteiger partial charge in [-0.1, -0.05) is 0 Å². The molecule has 0 aliphatic heterocycles. The third-order valence-electron chi connectivity index (χ3n) is 7.93. The Morgan fingerprint density at radius 3 is 2.58 bits per heavy atom. The molecule has 3 heterocycles. The summed E-state index contributed by atoms with van der Waals surface area (Å²) in [7, 11) is 0. The van der Waals surface area contributed by atoms with Gasteiger partial charge in [0, 0.05) is 36.3 Å². The number of fused-ring (bicyclic) bond motifs is 1. The van der Waals surface area contributed by atoms with Gasteiger partial charge >= 0.3 is 0 Å². The van der Waals surface area contributed by atoms with Crippen molar-refractivity contribution in [2.24, 2.45) is 5.92 Å². The van der Waals surface area contributed by atoms with E-state index in [-0.39, 0.29) is 48.6 Å². The Morgan fingerprint density at radius 2 is 1.88 bits per heavy atom. The first kappa shape index (κ1) is 29.5. The maximum Gasteiger partial charge on any atom is 0.287 e. The number of aryl methyl sites for hydroxylation is 1. The Bertz CT molecular complexity index is 1670. The number of aromatic nitrogens is 3. The Labute approximate surface area is 246 Å². The summed E-state index contributed by atoms with van der Waals surface area (Å²) < 4.78 is 1.20. The molecule has 3 aromatic heterocycles. The van der Waals surface area contributed by atoms with Gasteiger partial charge in [-0.15, -0.1) is 0 Å². The molecule has 3 aliphatic rings. The minimum Gasteiger partial charge on any atom is -0.350 e. The summed E-state index contributed by atoms with van der Waals surface area (Å²) in [4.78, 5) is 85.3. The minimum atomic E-state index is -1.28. The van der Waals surface area contributed by atoms with Gasteiger partial charge in [0.1, 0.15) is 18.3 Å². The number of anilines is 1. The maximum atomic E-state index is 13.4. The number of ketones is 1. The van der Waals surface area contributed by atoms with E-state index < -0.39 is 35.1 Å². The Hall–Kier alpha value is -4.94. The molecular formula is C30H33N7O6. The molecule has 1 atom stereocenters. The molecule has 0 aromatic carbocycles. The highest BCUT2D eigenvalue weighted by Crippen LogP contribution is 2.56. The van der Waals surface area contributed by atoms with Gasteiger partial charge in [0.2, 0.25) is 17.6 Å². The minimum absolute atomic E-state index is 0.102. The molecule has 3 aliphatic carbocycles. The smallest absolute Gasteiger partial charge is 0.287 e. The van der Waals surface area contributed by atoms with E-state index in [1.165, 1.54) is 22.9 Å². The van der Waals surface area contributed by atoms with Crippen LogP contribution < -0.4 is 26.8 Å². The first-order valence-corrected chi connectivity index (χ1v) is 14.2. The molecule has 0 saturated heterocycles. The van der Waals surface area contributed by atoms with Crippen molar-refractivity contribution in [2.75, 3.05) is 11.9 Å². The van der Waals surface area contributed by atoms with Crippen LogP contribution in [0, 0.1) is 12.8 Å². The Morgan fingerprint density at radius 1 is 1.12 bits per heavy atom. The van der Waals surface area contributed by atoms with Gasteiger partial charge in [0.25, 0.3) is 17.4 Å². The summed E-state index contributed by atoms with van der Waals surface area (Å²) in [6.07, 6.45) is 5.39. The van der Waals surface area contributed by atoms with Crippen molar-refractivity contribution < 1.29 is 24.0 Å². The summed E-state index contributed by atoms with van der Waals surface area (Å²) >= 11 is 0. The standard InChI is InChI=1S/C30H33N7O6/c1-3-31-28(42)23(38)9-8-21(34-26(40)20-12-19-6-4-10-32-25(19)33-17(20)2)27(41)35-22-7-5-11-37(29(22)43)16-24(39)36-30-13-18(14-30)15-30/h4-7,10-12,18,21H,3,8-9,13-16H2,1-2H3,(H,31,42)(H,34,40)(H,35,41)(H,36,39)/t18?,21-,30?/m0/s1. The van der Waals surface area contributed by atoms with E-state index in [1.807, 2.05) is 0 Å². The van der Waals surface area contributed by atoms with Crippen LogP contribution >= 0.6 is 0 Å². The SMILES string of the molecule is CCNC(=O)C(=O)CC[C@H](NC(=O)c1cc2cccnc2nc1C)C(=O)Nc1cccn(CC(=O)NC23CC(C2)C3)c1=O. The number of hydrogen-bond donors (Lipinski definition) is 4. The van der Waals surface area contributed by atoms with E-state index in [0.29, 0.717) is 22.6 Å². The van der Waals surface area contributed by atoms with Crippen molar-refractivity contribution in [1.82, 2.24) is 30.5 Å². The monoisotopic (exact) mass is 587 g/mol. The zero-order valence-electron chi connectivity index (χ0n) is 23.9. The predicted molar refractivity (Wildman–Crippen MR) is 156 cm³/mol. The molecule has 6 rings (SSSR count). The Kier molecular flexibility index (Phi) is 8.33. The summed E-state index contributed by atoms with van der Waals surface area (Å²) in [5.74, 6) is -2.54. The van der Waals surface area contributed by atoms with Crippen molar-refractivity contribution in [3.63, 3.8) is 0 Å². The highest BCUT2D eigenvalue weighted by Gasteiger charge is 2.57. The van der Waals surface area contributed by atoms with Crippen molar-refractivity contribution >= 4 is 46.1 Å². The second-order valence-electron chi connectivity index (χ2n) is 11.2. The highest BCUT2D eigenvalue weighted by molar-refractivity contribution is 6.36. The van der Waals surface area contributed by atoms with E-state index >= 15 is 0 Å². The molecule has 4 N–H and O–H groups in total. The van der Waals surface area contributed by atoms with E-state index in [9.17, 15) is 28.8 Å². The molecule has 224 valence electrons. The van der Waals surface area contributed by atoms with Crippen LogP contribution in [0.2, 0.25) is 0 Å². The van der Waals surface area contributed by atoms with Crippen LogP contribution in [0.3, 0.4) is 0 Å². The summed E-state index contributed by atoms with van der Waals surface area (Å²) in [5, 5.41) is 11.2. The number of Topliss-reactive ketones (excluding diaryl/α,β-unsaturated/α-hetero) is 1. The fraction of sp³-hybridized carbons (Fsp3) is 0.400. The van der Waals surface area contributed by atoms with Crippen LogP contribution in [0.25, 0.3) is 11.0 Å². The third kappa shape index (κ3) is 6.45. The largest absolute Gasteiger partial charge is 0.350 e. The quantitative estimate of drug-likeness (QED) is 0.226. The molecule has 43 heavy (non-hydrogen) atoms. The number of nitrogens with zero attached hydrogens (tertiary/aromatic N) is 3. The van der Waals surface area contributed by atoms with Crippen LogP contribution in [0.4, 0.5) is 5.69 Å². The maximum absolute atomic E-state index is 13.4. The molecule has 13 heteroatoms. The van der Waals surface area contributed by atoms with Crippen LogP contribution in [0.5, 0.6) is 0 Å². The van der Waals surface area contributed by atoms with Gasteiger partial charge in [-0.3, -0.25) is 28.8 Å². The van der Waals surface area contributed by atoms with Gasteiger partial charge in [-0.05, 0) is 75.8 Å². The lowest BCUT2D eigenvalue weighted by molar-refractivity contribution is -0.138. The van der Waals surface area contributed by atoms with Crippen molar-refractivity contribution in [3.8, 4) is 0 Å². The number of rotatable bonds is 12. The summed E-state index contributed by atoms with van der Waals surface area (Å²) in [6, 6.07) is 6.68. The van der Waals surface area contributed by atoms with E-state index in [2.05, 4.69) is 31.2 Å². The molecule has 0 radical (unpaired) electrons. The zero-order chi connectivity index (χ0) is 30.7. The Balaban J connectivity index is 1.32. The zero-order valence-corrected chi connectivity index (χ0v) is 23.9. The average molecular weight is 588 g/mol. The van der Waals surface area contributed by atoms with Crippen molar-refractivity contribution in [3.05, 3.63) is 64.3 Å². The van der Waals surface area contributed by atoms with Gasteiger partial charge in [0.15, 0.2) is 5.65 Å². The number of nitrogens with one attached hydrogen (secondary N) is 4. The lowest BCUT2D eigenvalue weighted by atomic mass is 9.50. The number of amides is 4. The summed E-state index contributed by atoms with van der Waals surface area (Å²) in [6.45, 7) is 3.35. The van der Waals surface area contributed by atoms with Gasteiger partial charge in [-0.2, -0.15) is 0 Å². The third-order valence-corrected chi connectivity index (χ3v) is 7.93. The second-order valence-corrected chi connectivity index (χ2v) is 11.2. The molecule has 3 fully saturated rings. The fourth-order valence-corrected chi connectivity index (χ4v) is 5.58. The molecule has 4 amide bonds. The van der Waals surface area contributed by atoms with E-state index in [1.54, 1.807) is 38.2 Å². The highest BCUT2D eigenvalue weighted by atomic mass is 16.2. The molecule has 13 nitrogen and oxygen atoms in total. The van der Waals surface area contributed by atoms with Gasteiger partial charge in [-0.25, -0.2) is 9.97 Å². The number of pyridine rings is 3. The lowest BCUT2D eigenvalue weighted by Crippen LogP contribution is -2.68. The first-order chi connectivity index (χ1) is 20.6. The first-order valence-electron chi connectivity index (χ1n) is 14.2. The predicted octanol–water partition coefficient (Wildman–Crippen LogP) is 0.991. The number of likely N-dealkylation sites (N-methyl/N-ethyl adjacent to an activating group) is 1. The molecule has 2 bridgehead atoms. The normalized spacial score (nSPS) is 18.9. The number of carbonyl (C=O) groups excluding carboxylic acids is 5. The number of hydrogen-bond acceptors (Lipinski definition) is 8. The van der Waals surface area contributed by atoms with Crippen LogP contribution in [-0.4, -0.2) is 62.1 Å². The van der Waals surface area contributed by atoms with Crippen molar-refractivity contribution in [2.45, 2.75) is 64.1 Å². The molecule has 0 unspecified atom stereocenters. The molecular weight excluding hydrogens is 554 g/mol. The summed E-state index contributed by atoms with van der Waals surface area (Å²) in [5.41, 5.74) is 0.193. The van der Waals surface area contributed by atoms with Gasteiger partial charge < -0.3 is 25.8 Å². The van der Waals surface area contributed by atoms with Gasteiger partial charge in [0.05, 0.1) is 11.3 Å². The molecule has 3 aromatic rings. The van der Waals surface area contributed by atoms with E-state index in [0.717, 1.165) is 19.3 Å². The lowest BCUT2D eigenvalue weighted by Gasteiger charge is -2.61.